The van der Waals surface area contributed by atoms with Crippen LogP contribution in [0.4, 0.5) is 0 Å². The zero-order chi connectivity index (χ0) is 25.5. The van der Waals surface area contributed by atoms with Gasteiger partial charge in [0.15, 0.2) is 0 Å². The van der Waals surface area contributed by atoms with Crippen LogP contribution in [0.3, 0.4) is 0 Å². The summed E-state index contributed by atoms with van der Waals surface area (Å²) >= 11 is 0. The van der Waals surface area contributed by atoms with Crippen LogP contribution in [0.5, 0.6) is 0 Å². The second-order valence-electron chi connectivity index (χ2n) is 9.39. The Hall–Kier alpha value is -3.29. The third kappa shape index (κ3) is 6.17. The van der Waals surface area contributed by atoms with Crippen molar-refractivity contribution >= 4 is 10.0 Å². The van der Waals surface area contributed by atoms with Gasteiger partial charge in [-0.05, 0) is 28.8 Å². The molecule has 0 saturated carbocycles. The highest BCUT2D eigenvalue weighted by atomic mass is 32.2. The standard InChI is InChI=1S/C31H33N3O2S/c35-37(36,29-19-11-4-12-20-29)32-25-30(26-13-5-1-6-14-26)33-21-23-34(24-22-33)31(27-15-7-2-8-16-27)28-17-9-3-10-18-28/h1-20,30-32H,21-25H2/t30-/m1/s1. The summed E-state index contributed by atoms with van der Waals surface area (Å²) in [6.45, 7) is 3.81. The number of hydrogen-bond acceptors (Lipinski definition) is 4. The molecule has 5 nitrogen and oxygen atoms in total. The molecule has 0 bridgehead atoms. The van der Waals surface area contributed by atoms with Gasteiger partial charge in [0.05, 0.1) is 10.9 Å². The van der Waals surface area contributed by atoms with E-state index >= 15 is 0 Å². The van der Waals surface area contributed by atoms with Crippen LogP contribution in [-0.2, 0) is 10.0 Å². The summed E-state index contributed by atoms with van der Waals surface area (Å²) in [5.41, 5.74) is 3.70. The highest BCUT2D eigenvalue weighted by molar-refractivity contribution is 7.89. The zero-order valence-electron chi connectivity index (χ0n) is 20.9. The topological polar surface area (TPSA) is 52.7 Å². The monoisotopic (exact) mass is 511 g/mol. The van der Waals surface area contributed by atoms with Gasteiger partial charge in [-0.1, -0.05) is 109 Å². The van der Waals surface area contributed by atoms with Gasteiger partial charge < -0.3 is 0 Å². The first kappa shape index (κ1) is 25.4. The molecule has 190 valence electrons. The molecule has 4 aromatic carbocycles. The third-order valence-electron chi connectivity index (χ3n) is 7.09. The first-order valence-electron chi connectivity index (χ1n) is 12.8. The van der Waals surface area contributed by atoms with E-state index in [0.29, 0.717) is 11.4 Å². The highest BCUT2D eigenvalue weighted by Crippen LogP contribution is 2.31. The summed E-state index contributed by atoms with van der Waals surface area (Å²) in [7, 11) is -3.59. The quantitative estimate of drug-likeness (QED) is 0.339. The van der Waals surface area contributed by atoms with Gasteiger partial charge in [0.2, 0.25) is 10.0 Å². The second-order valence-corrected chi connectivity index (χ2v) is 11.2. The largest absolute Gasteiger partial charge is 0.292 e. The van der Waals surface area contributed by atoms with Gasteiger partial charge in [-0.15, -0.1) is 0 Å². The van der Waals surface area contributed by atoms with E-state index in [1.165, 1.54) is 11.1 Å². The molecular weight excluding hydrogens is 478 g/mol. The summed E-state index contributed by atoms with van der Waals surface area (Å²) in [6, 6.07) is 40.3. The van der Waals surface area contributed by atoms with Crippen LogP contribution >= 0.6 is 0 Å². The van der Waals surface area contributed by atoms with Gasteiger partial charge in [0.1, 0.15) is 0 Å². The van der Waals surface area contributed by atoms with Gasteiger partial charge in [-0.3, -0.25) is 9.80 Å². The van der Waals surface area contributed by atoms with E-state index in [1.807, 2.05) is 24.3 Å². The molecule has 0 spiro atoms. The number of nitrogens with zero attached hydrogens (tertiary/aromatic N) is 2. The fourth-order valence-electron chi connectivity index (χ4n) is 5.20. The SMILES string of the molecule is O=S(=O)(NC[C@H](c1ccccc1)N1CCN(C(c2ccccc2)c2ccccc2)CC1)c1ccccc1. The summed E-state index contributed by atoms with van der Waals surface area (Å²) in [4.78, 5) is 5.24. The van der Waals surface area contributed by atoms with Crippen molar-refractivity contribution in [1.29, 1.82) is 0 Å². The molecule has 0 unspecified atom stereocenters. The van der Waals surface area contributed by atoms with Crippen LogP contribution < -0.4 is 4.72 Å². The third-order valence-corrected chi connectivity index (χ3v) is 8.53. The number of sulfonamides is 1. The van der Waals surface area contributed by atoms with E-state index in [9.17, 15) is 8.42 Å². The number of rotatable bonds is 9. The lowest BCUT2D eigenvalue weighted by Crippen LogP contribution is -2.50. The lowest BCUT2D eigenvalue weighted by atomic mass is 9.96. The van der Waals surface area contributed by atoms with Crippen LogP contribution in [0, 0.1) is 0 Å². The van der Waals surface area contributed by atoms with E-state index < -0.39 is 10.0 Å². The van der Waals surface area contributed by atoms with E-state index in [0.717, 1.165) is 31.7 Å². The van der Waals surface area contributed by atoms with Gasteiger partial charge in [-0.2, -0.15) is 0 Å². The lowest BCUT2D eigenvalue weighted by Gasteiger charge is -2.43. The molecule has 37 heavy (non-hydrogen) atoms. The molecular formula is C31H33N3O2S. The molecule has 1 aliphatic heterocycles. The number of nitrogens with one attached hydrogen (secondary N) is 1. The molecule has 1 saturated heterocycles. The maximum absolute atomic E-state index is 13.0. The Morgan fingerprint density at radius 1 is 0.568 bits per heavy atom. The van der Waals surface area contributed by atoms with E-state index in [1.54, 1.807) is 24.3 Å². The molecule has 5 rings (SSSR count). The molecule has 4 aromatic rings. The number of benzene rings is 4. The van der Waals surface area contributed by atoms with Crippen LogP contribution in [0.15, 0.2) is 126 Å². The Morgan fingerprint density at radius 2 is 0.973 bits per heavy atom. The Bertz CT molecular complexity index is 1300. The summed E-state index contributed by atoms with van der Waals surface area (Å²) in [6.07, 6.45) is 0. The normalized spacial score (nSPS) is 16.0. The summed E-state index contributed by atoms with van der Waals surface area (Å²) in [5.74, 6) is 0. The van der Waals surface area contributed by atoms with Gasteiger partial charge >= 0.3 is 0 Å². The van der Waals surface area contributed by atoms with E-state index in [-0.39, 0.29) is 12.1 Å². The molecule has 6 heteroatoms. The summed E-state index contributed by atoms with van der Waals surface area (Å²) < 4.78 is 28.8. The van der Waals surface area contributed by atoms with Crippen LogP contribution in [0.2, 0.25) is 0 Å². The van der Waals surface area contributed by atoms with Gasteiger partial charge in [-0.25, -0.2) is 13.1 Å². The molecule has 1 atom stereocenters. The maximum atomic E-state index is 13.0. The van der Waals surface area contributed by atoms with Crippen molar-refractivity contribution in [2.75, 3.05) is 32.7 Å². The smallest absolute Gasteiger partial charge is 0.240 e. The first-order chi connectivity index (χ1) is 18.1. The van der Waals surface area contributed by atoms with Crippen molar-refractivity contribution in [2.24, 2.45) is 0 Å². The number of piperazine rings is 1. The van der Waals surface area contributed by atoms with Gasteiger partial charge in [0, 0.05) is 38.8 Å². The average Bonchev–Trinajstić information content (AvgIpc) is 2.96. The Kier molecular flexibility index (Phi) is 8.12. The number of hydrogen-bond donors (Lipinski definition) is 1. The minimum atomic E-state index is -3.59. The highest BCUT2D eigenvalue weighted by Gasteiger charge is 2.30. The minimum absolute atomic E-state index is 0.0475. The van der Waals surface area contributed by atoms with Crippen molar-refractivity contribution in [3.8, 4) is 0 Å². The Morgan fingerprint density at radius 3 is 1.46 bits per heavy atom. The van der Waals surface area contributed by atoms with E-state index in [4.69, 9.17) is 0 Å². The minimum Gasteiger partial charge on any atom is -0.292 e. The van der Waals surface area contributed by atoms with Crippen LogP contribution in [-0.4, -0.2) is 50.9 Å². The molecule has 0 aromatic heterocycles. The van der Waals surface area contributed by atoms with E-state index in [2.05, 4.69) is 87.3 Å². The second kappa shape index (κ2) is 11.8. The molecule has 0 amide bonds. The molecule has 0 aliphatic carbocycles. The van der Waals surface area contributed by atoms with Crippen molar-refractivity contribution in [3.63, 3.8) is 0 Å². The Balaban J connectivity index is 1.34. The zero-order valence-corrected chi connectivity index (χ0v) is 21.7. The van der Waals surface area contributed by atoms with Crippen molar-refractivity contribution in [2.45, 2.75) is 17.0 Å². The Labute approximate surface area is 220 Å². The van der Waals surface area contributed by atoms with Crippen molar-refractivity contribution < 1.29 is 8.42 Å². The van der Waals surface area contributed by atoms with Crippen molar-refractivity contribution in [3.05, 3.63) is 138 Å². The molecule has 1 N–H and O–H groups in total. The van der Waals surface area contributed by atoms with Crippen molar-refractivity contribution in [1.82, 2.24) is 14.5 Å². The molecule has 1 fully saturated rings. The maximum Gasteiger partial charge on any atom is 0.240 e. The predicted molar refractivity (Wildman–Crippen MR) is 149 cm³/mol. The summed E-state index contributed by atoms with van der Waals surface area (Å²) in [5, 5.41) is 0. The fourth-order valence-corrected chi connectivity index (χ4v) is 6.26. The fraction of sp³-hybridized carbons (Fsp3) is 0.226. The lowest BCUT2D eigenvalue weighted by molar-refractivity contribution is 0.0796. The van der Waals surface area contributed by atoms with Gasteiger partial charge in [0.25, 0.3) is 0 Å². The average molecular weight is 512 g/mol. The first-order valence-corrected chi connectivity index (χ1v) is 14.3. The molecule has 1 aliphatic rings. The predicted octanol–water partition coefficient (Wildman–Crippen LogP) is 5.11. The van der Waals surface area contributed by atoms with Crippen LogP contribution in [0.25, 0.3) is 0 Å². The molecule has 1 heterocycles. The molecule has 0 radical (unpaired) electrons. The van der Waals surface area contributed by atoms with Crippen LogP contribution in [0.1, 0.15) is 28.8 Å².